The fraction of sp³-hybridized carbons (Fsp3) is 0.231. The van der Waals surface area contributed by atoms with Crippen molar-refractivity contribution < 1.29 is 14.8 Å². The highest BCUT2D eigenvalue weighted by atomic mass is 16.6. The van der Waals surface area contributed by atoms with Gasteiger partial charge in [-0.15, -0.1) is 0 Å². The molecular formula is C13H11N3O4. The van der Waals surface area contributed by atoms with Crippen LogP contribution in [-0.4, -0.2) is 25.8 Å². The van der Waals surface area contributed by atoms with Crippen LogP contribution in [0.15, 0.2) is 24.3 Å². The van der Waals surface area contributed by atoms with E-state index in [1.807, 2.05) is 0 Å². The third kappa shape index (κ3) is 1.83. The highest BCUT2D eigenvalue weighted by Gasteiger charge is 2.26. The molecule has 1 aromatic heterocycles. The Balaban J connectivity index is 2.08. The van der Waals surface area contributed by atoms with E-state index in [2.05, 4.69) is 5.10 Å². The van der Waals surface area contributed by atoms with Crippen molar-refractivity contribution in [2.45, 2.75) is 19.3 Å². The Morgan fingerprint density at radius 2 is 2.00 bits per heavy atom. The number of nitrogens with zero attached hydrogens (tertiary/aromatic N) is 3. The molecule has 0 spiro atoms. The van der Waals surface area contributed by atoms with Gasteiger partial charge in [0, 0.05) is 23.4 Å². The van der Waals surface area contributed by atoms with Crippen LogP contribution in [0.5, 0.6) is 0 Å². The van der Waals surface area contributed by atoms with Crippen LogP contribution in [0.3, 0.4) is 0 Å². The van der Waals surface area contributed by atoms with Gasteiger partial charge in [0.25, 0.3) is 5.69 Å². The summed E-state index contributed by atoms with van der Waals surface area (Å²) >= 11 is 0. The Labute approximate surface area is 113 Å². The molecule has 0 bridgehead atoms. The smallest absolute Gasteiger partial charge is 0.356 e. The molecule has 1 heterocycles. The summed E-state index contributed by atoms with van der Waals surface area (Å²) in [5, 5.41) is 23.9. The zero-order valence-corrected chi connectivity index (χ0v) is 10.4. The molecular weight excluding hydrogens is 262 g/mol. The molecule has 0 aliphatic heterocycles. The molecule has 20 heavy (non-hydrogen) atoms. The van der Waals surface area contributed by atoms with Crippen LogP contribution in [0, 0.1) is 10.1 Å². The standard InChI is InChI=1S/C13H11N3O4/c17-13(18)12-10-2-1-3-11(10)15(14-12)8-4-6-9(7-5-8)16(19)20/h4-7H,1-3H2,(H,17,18). The molecule has 1 aliphatic rings. The number of hydrogen-bond acceptors (Lipinski definition) is 4. The molecule has 3 rings (SSSR count). The van der Waals surface area contributed by atoms with Gasteiger partial charge < -0.3 is 5.11 Å². The van der Waals surface area contributed by atoms with Crippen molar-refractivity contribution in [2.24, 2.45) is 0 Å². The zero-order valence-electron chi connectivity index (χ0n) is 10.4. The molecule has 7 nitrogen and oxygen atoms in total. The van der Waals surface area contributed by atoms with Gasteiger partial charge in [0.15, 0.2) is 5.69 Å². The Hall–Kier alpha value is -2.70. The summed E-state index contributed by atoms with van der Waals surface area (Å²) < 4.78 is 1.58. The van der Waals surface area contributed by atoms with Gasteiger partial charge in [-0.05, 0) is 31.4 Å². The topological polar surface area (TPSA) is 98.3 Å². The molecule has 0 fully saturated rings. The lowest BCUT2D eigenvalue weighted by molar-refractivity contribution is -0.384. The number of fused-ring (bicyclic) bond motifs is 1. The van der Waals surface area contributed by atoms with Crippen LogP contribution in [0.25, 0.3) is 5.69 Å². The number of benzene rings is 1. The predicted octanol–water partition coefficient (Wildman–Crippen LogP) is 1.97. The summed E-state index contributed by atoms with van der Waals surface area (Å²) in [6, 6.07) is 5.93. The van der Waals surface area contributed by atoms with E-state index in [9.17, 15) is 14.9 Å². The van der Waals surface area contributed by atoms with E-state index >= 15 is 0 Å². The molecule has 102 valence electrons. The van der Waals surface area contributed by atoms with E-state index in [1.54, 1.807) is 16.8 Å². The van der Waals surface area contributed by atoms with E-state index in [0.29, 0.717) is 12.1 Å². The highest BCUT2D eigenvalue weighted by Crippen LogP contribution is 2.28. The van der Waals surface area contributed by atoms with Crippen molar-refractivity contribution in [1.29, 1.82) is 0 Å². The summed E-state index contributed by atoms with van der Waals surface area (Å²) in [6.45, 7) is 0. The molecule has 0 amide bonds. The van der Waals surface area contributed by atoms with Gasteiger partial charge in [-0.1, -0.05) is 0 Å². The van der Waals surface area contributed by atoms with E-state index < -0.39 is 10.9 Å². The average molecular weight is 273 g/mol. The van der Waals surface area contributed by atoms with Crippen molar-refractivity contribution in [2.75, 3.05) is 0 Å². The normalized spacial score (nSPS) is 13.2. The Morgan fingerprint density at radius 1 is 1.30 bits per heavy atom. The maximum Gasteiger partial charge on any atom is 0.356 e. The summed E-state index contributed by atoms with van der Waals surface area (Å²) in [4.78, 5) is 21.3. The van der Waals surface area contributed by atoms with Crippen molar-refractivity contribution in [3.8, 4) is 5.69 Å². The quantitative estimate of drug-likeness (QED) is 0.680. The maximum atomic E-state index is 11.2. The Bertz CT molecular complexity index is 703. The summed E-state index contributed by atoms with van der Waals surface area (Å²) in [5.41, 5.74) is 2.38. The summed E-state index contributed by atoms with van der Waals surface area (Å²) in [6.07, 6.45) is 2.39. The number of hydrogen-bond donors (Lipinski definition) is 1. The molecule has 1 aliphatic carbocycles. The summed E-state index contributed by atoms with van der Waals surface area (Å²) in [5.74, 6) is -1.04. The van der Waals surface area contributed by atoms with Crippen molar-refractivity contribution >= 4 is 11.7 Å². The lowest BCUT2D eigenvalue weighted by atomic mass is 10.2. The van der Waals surface area contributed by atoms with E-state index in [-0.39, 0.29) is 11.4 Å². The second kappa shape index (κ2) is 4.44. The first kappa shape index (κ1) is 12.3. The van der Waals surface area contributed by atoms with Gasteiger partial charge in [0.1, 0.15) is 0 Å². The lowest BCUT2D eigenvalue weighted by Crippen LogP contribution is -2.04. The number of nitro groups is 1. The molecule has 2 aromatic rings. The third-order valence-electron chi connectivity index (χ3n) is 3.44. The van der Waals surface area contributed by atoms with Gasteiger partial charge in [-0.3, -0.25) is 10.1 Å². The molecule has 1 aromatic carbocycles. The fourth-order valence-electron chi connectivity index (χ4n) is 2.54. The number of carbonyl (C=O) groups is 1. The third-order valence-corrected chi connectivity index (χ3v) is 3.44. The molecule has 0 saturated carbocycles. The zero-order chi connectivity index (χ0) is 14.3. The minimum absolute atomic E-state index is 0.00369. The number of non-ortho nitro benzene ring substituents is 1. The first-order chi connectivity index (χ1) is 9.58. The van der Waals surface area contributed by atoms with E-state index in [0.717, 1.165) is 24.1 Å². The Morgan fingerprint density at radius 3 is 2.60 bits per heavy atom. The van der Waals surface area contributed by atoms with Crippen LogP contribution in [0.1, 0.15) is 28.2 Å². The predicted molar refractivity (Wildman–Crippen MR) is 69.2 cm³/mol. The maximum absolute atomic E-state index is 11.2. The number of rotatable bonds is 3. The van der Waals surface area contributed by atoms with Gasteiger partial charge in [0.2, 0.25) is 0 Å². The minimum Gasteiger partial charge on any atom is -0.476 e. The molecule has 0 atom stereocenters. The van der Waals surface area contributed by atoms with Crippen LogP contribution in [-0.2, 0) is 12.8 Å². The molecule has 0 unspecified atom stereocenters. The van der Waals surface area contributed by atoms with E-state index in [1.165, 1.54) is 12.1 Å². The van der Waals surface area contributed by atoms with Crippen LogP contribution in [0.2, 0.25) is 0 Å². The first-order valence-electron chi connectivity index (χ1n) is 6.17. The summed E-state index contributed by atoms with van der Waals surface area (Å²) in [7, 11) is 0. The number of carboxylic acids is 1. The first-order valence-corrected chi connectivity index (χ1v) is 6.17. The minimum atomic E-state index is -1.04. The molecule has 0 saturated heterocycles. The molecule has 0 radical (unpaired) electrons. The van der Waals surface area contributed by atoms with Crippen molar-refractivity contribution in [1.82, 2.24) is 9.78 Å². The Kier molecular flexibility index (Phi) is 2.74. The molecule has 7 heteroatoms. The van der Waals surface area contributed by atoms with E-state index in [4.69, 9.17) is 5.11 Å². The number of carboxylic acid groups (broad SMARTS) is 1. The highest BCUT2D eigenvalue weighted by molar-refractivity contribution is 5.87. The van der Waals surface area contributed by atoms with Crippen LogP contribution < -0.4 is 0 Å². The van der Waals surface area contributed by atoms with Gasteiger partial charge in [-0.2, -0.15) is 5.10 Å². The lowest BCUT2D eigenvalue weighted by Gasteiger charge is -2.04. The van der Waals surface area contributed by atoms with Crippen LogP contribution >= 0.6 is 0 Å². The van der Waals surface area contributed by atoms with Crippen LogP contribution in [0.4, 0.5) is 5.69 Å². The largest absolute Gasteiger partial charge is 0.476 e. The fourth-order valence-corrected chi connectivity index (χ4v) is 2.54. The number of nitro benzene ring substituents is 1. The SMILES string of the molecule is O=C(O)c1nn(-c2ccc([N+](=O)[O-])cc2)c2c1CCC2. The second-order valence-corrected chi connectivity index (χ2v) is 4.62. The van der Waals surface area contributed by atoms with Gasteiger partial charge >= 0.3 is 5.97 Å². The number of aromatic nitrogens is 2. The second-order valence-electron chi connectivity index (χ2n) is 4.62. The average Bonchev–Trinajstić information content (AvgIpc) is 2.99. The van der Waals surface area contributed by atoms with Gasteiger partial charge in [0.05, 0.1) is 10.6 Å². The van der Waals surface area contributed by atoms with Gasteiger partial charge in [-0.25, -0.2) is 9.48 Å². The van der Waals surface area contributed by atoms with Crippen molar-refractivity contribution in [3.05, 3.63) is 51.3 Å². The molecule has 1 N–H and O–H groups in total. The number of aromatic carboxylic acids is 1. The monoisotopic (exact) mass is 273 g/mol. The van der Waals surface area contributed by atoms with Crippen molar-refractivity contribution in [3.63, 3.8) is 0 Å².